The molecule has 6 heteroatoms. The Kier molecular flexibility index (Phi) is 19.6. The van der Waals surface area contributed by atoms with Gasteiger partial charge in [-0.3, -0.25) is 0 Å². The fraction of sp³-hybridized carbons (Fsp3) is 0.729. The topological polar surface area (TPSA) is 0 Å². The third-order valence-corrected chi connectivity index (χ3v) is 21.7. The quantitative estimate of drug-likeness (QED) is 0.233. The van der Waals surface area contributed by atoms with Crippen LogP contribution in [0.3, 0.4) is 0 Å². The summed E-state index contributed by atoms with van der Waals surface area (Å²) in [5.41, 5.74) is 24.1. The summed E-state index contributed by atoms with van der Waals surface area (Å²) in [7, 11) is 9.83. The van der Waals surface area contributed by atoms with Gasteiger partial charge in [0, 0.05) is 0 Å². The Morgan fingerprint density at radius 3 is 1.06 bits per heavy atom. The van der Waals surface area contributed by atoms with Gasteiger partial charge in [-0.15, -0.1) is 21.9 Å². The van der Waals surface area contributed by atoms with E-state index in [1.165, 1.54) is 67.2 Å². The van der Waals surface area contributed by atoms with Crippen LogP contribution in [0.2, 0.25) is 52.8 Å². The van der Waals surface area contributed by atoms with Crippen molar-refractivity contribution in [3.8, 4) is 0 Å². The molecule has 6 aliphatic rings. The average Bonchev–Trinajstić information content (AvgIpc) is 3.27. The van der Waals surface area contributed by atoms with Crippen molar-refractivity contribution in [3.63, 3.8) is 0 Å². The van der Waals surface area contributed by atoms with E-state index < -0.39 is 0 Å². The molecule has 0 N–H and O–H groups in total. The van der Waals surface area contributed by atoms with E-state index in [0.29, 0.717) is 23.3 Å². The highest BCUT2D eigenvalue weighted by atomic mass is 14.4. The van der Waals surface area contributed by atoms with Crippen LogP contribution in [0.25, 0.3) is 0 Å². The van der Waals surface area contributed by atoms with Gasteiger partial charge in [0.15, 0.2) is 29.1 Å². The Hall–Kier alpha value is -1.69. The number of rotatable bonds is 6. The third kappa shape index (κ3) is 11.8. The predicted molar refractivity (Wildman–Crippen MR) is 303 cm³/mol. The predicted octanol–water partition coefficient (Wildman–Crippen LogP) is 18.2. The van der Waals surface area contributed by atoms with E-state index in [4.69, 9.17) is 0 Å². The molecule has 2 fully saturated rings. The van der Waals surface area contributed by atoms with Gasteiger partial charge in [0.05, 0.1) is 0 Å². The monoisotopic (exact) mass is 873 g/mol. The first kappa shape index (κ1) is 55.9. The summed E-state index contributed by atoms with van der Waals surface area (Å²) in [5.74, 6) is 11.1. The second-order valence-corrected chi connectivity index (χ2v) is 24.2. The molecule has 0 nitrogen and oxygen atoms in total. The lowest BCUT2D eigenvalue weighted by Gasteiger charge is -2.50. The van der Waals surface area contributed by atoms with Crippen molar-refractivity contribution in [2.24, 2.45) is 35.5 Å². The van der Waals surface area contributed by atoms with Crippen molar-refractivity contribution < 1.29 is 0 Å². The van der Waals surface area contributed by atoms with E-state index in [1.54, 1.807) is 27.8 Å². The van der Waals surface area contributed by atoms with Crippen LogP contribution in [0, 0.1) is 35.5 Å². The Bertz CT molecular complexity index is 1940. The van der Waals surface area contributed by atoms with Crippen LogP contribution < -0.4 is 0 Å². The maximum absolute atomic E-state index is 2.56. The summed E-state index contributed by atoms with van der Waals surface area (Å²) in [6, 6.07) is 0. The summed E-state index contributed by atoms with van der Waals surface area (Å²) in [6.07, 6.45) is 3.78. The molecule has 12 atom stereocenters. The summed E-state index contributed by atoms with van der Waals surface area (Å²) < 4.78 is 0. The fourth-order valence-electron chi connectivity index (χ4n) is 13.7. The highest BCUT2D eigenvalue weighted by Crippen LogP contribution is 2.53. The summed E-state index contributed by atoms with van der Waals surface area (Å²) in [4.78, 5) is 0. The fourth-order valence-corrected chi connectivity index (χ4v) is 13.7. The lowest BCUT2D eigenvalue weighted by molar-refractivity contribution is 0.233. The number of hydrogen-bond donors (Lipinski definition) is 0. The minimum absolute atomic E-state index is 0.562. The van der Waals surface area contributed by atoms with Crippen LogP contribution in [-0.2, 0) is 0 Å². The van der Waals surface area contributed by atoms with Crippen molar-refractivity contribution in [2.75, 3.05) is 0 Å². The normalized spacial score (nSPS) is 36.0. The highest BCUT2D eigenvalue weighted by Gasteiger charge is 2.49. The molecule has 0 saturated carbocycles. The Labute approximate surface area is 410 Å². The Morgan fingerprint density at radius 2 is 0.662 bits per heavy atom. The second kappa shape index (κ2) is 22.8. The SMILES string of the molecule is CC1=C(C)C(C)=C(C)C(CC2=C(C)C(C)=C(C)C(C)[B]2)[B]1.CC1=C(C)C(C)=C(C)C(CC2=C(C)C(C)[B]C(C)=C2C)[B]1.CC1B(CB2C(C)C(C)C(C)C(C)C2C)C(C)C(C)C(C)C1C. The standard InChI is InChI=1S/C21H42B2.2C19H28B2/c1-12-14(3)18(7)22(19(8)15(12)4)11-23-20(9)16(5)13(2)17(6)21(23)10;1-10-12(3)16(7)20-18(14(10)5)9-19-15(6)11(2)13(4)17(8)21-19;1-10-11(2)15(6)21-19(12(10)3)9-18-13(4)16(7)20-17(8)14(18)5/h12-21H,11H2,1-10H3;2*16,19H,9H2,1-8H3. The zero-order valence-corrected chi connectivity index (χ0v) is 47.7. The van der Waals surface area contributed by atoms with Gasteiger partial charge in [-0.25, -0.2) is 0 Å². The molecule has 0 aromatic carbocycles. The molecule has 6 rings (SSSR count). The molecule has 352 valence electrons. The van der Waals surface area contributed by atoms with Crippen LogP contribution in [0.4, 0.5) is 0 Å². The largest absolute Gasteiger partial charge is 0.154 e. The van der Waals surface area contributed by atoms with Crippen LogP contribution in [0.15, 0.2) is 88.8 Å². The first-order valence-electron chi connectivity index (χ1n) is 26.9. The maximum Gasteiger partial charge on any atom is 0.154 e. The van der Waals surface area contributed by atoms with E-state index in [9.17, 15) is 0 Å². The smallest absolute Gasteiger partial charge is 0.108 e. The van der Waals surface area contributed by atoms with E-state index in [2.05, 4.69) is 209 Å². The molecule has 0 aromatic rings. The third-order valence-electron chi connectivity index (χ3n) is 21.7. The molecular formula is C59H98B6. The van der Waals surface area contributed by atoms with Crippen molar-refractivity contribution in [1.29, 1.82) is 0 Å². The van der Waals surface area contributed by atoms with Crippen molar-refractivity contribution in [3.05, 3.63) is 88.8 Å². The lowest BCUT2D eigenvalue weighted by atomic mass is 9.12. The minimum Gasteiger partial charge on any atom is -0.108 e. The van der Waals surface area contributed by atoms with Gasteiger partial charge in [0.2, 0.25) is 0 Å². The lowest BCUT2D eigenvalue weighted by Crippen LogP contribution is -2.49. The highest BCUT2D eigenvalue weighted by molar-refractivity contribution is 6.80. The van der Waals surface area contributed by atoms with Gasteiger partial charge >= 0.3 is 0 Å². The average molecular weight is 872 g/mol. The van der Waals surface area contributed by atoms with E-state index >= 15 is 0 Å². The van der Waals surface area contributed by atoms with Crippen molar-refractivity contribution >= 4 is 42.5 Å². The van der Waals surface area contributed by atoms with Gasteiger partial charge in [-0.2, -0.15) is 0 Å². The zero-order chi connectivity index (χ0) is 49.4. The van der Waals surface area contributed by atoms with Crippen LogP contribution in [-0.4, -0.2) is 42.5 Å². The molecule has 65 heavy (non-hydrogen) atoms. The molecule has 0 aliphatic carbocycles. The molecule has 0 bridgehead atoms. The first-order chi connectivity index (χ1) is 30.1. The zero-order valence-electron chi connectivity index (χ0n) is 47.7. The van der Waals surface area contributed by atoms with Gasteiger partial charge in [0.1, 0.15) is 13.4 Å². The van der Waals surface area contributed by atoms with Crippen LogP contribution in [0.5, 0.6) is 0 Å². The molecule has 0 aromatic heterocycles. The van der Waals surface area contributed by atoms with Gasteiger partial charge in [-0.1, -0.05) is 195 Å². The maximum atomic E-state index is 2.56. The molecule has 0 spiro atoms. The summed E-state index contributed by atoms with van der Waals surface area (Å²) in [6.45, 7) is 63.7. The van der Waals surface area contributed by atoms with E-state index in [-0.39, 0.29) is 0 Å². The van der Waals surface area contributed by atoms with Crippen molar-refractivity contribution in [2.45, 2.75) is 246 Å². The Morgan fingerprint density at radius 1 is 0.323 bits per heavy atom. The van der Waals surface area contributed by atoms with Gasteiger partial charge < -0.3 is 0 Å². The van der Waals surface area contributed by atoms with Crippen LogP contribution >= 0.6 is 0 Å². The van der Waals surface area contributed by atoms with Gasteiger partial charge in [0.25, 0.3) is 0 Å². The van der Waals surface area contributed by atoms with Crippen LogP contribution in [0.1, 0.15) is 193 Å². The number of hydrogen-bond acceptors (Lipinski definition) is 0. The Balaban J connectivity index is 0.000000214. The first-order valence-corrected chi connectivity index (χ1v) is 26.9. The molecule has 0 amide bonds. The summed E-state index contributed by atoms with van der Waals surface area (Å²) >= 11 is 0. The molecule has 4 radical (unpaired) electrons. The van der Waals surface area contributed by atoms with Crippen molar-refractivity contribution in [1.82, 2.24) is 0 Å². The summed E-state index contributed by atoms with van der Waals surface area (Å²) in [5, 5.41) is 0. The van der Waals surface area contributed by atoms with E-state index in [1.807, 2.05) is 0 Å². The van der Waals surface area contributed by atoms with Gasteiger partial charge in [-0.05, 0) is 153 Å². The second-order valence-electron chi connectivity index (χ2n) is 24.2. The molecule has 12 unspecified atom stereocenters. The number of allylic oxidation sites excluding steroid dienone is 16. The molecule has 6 heterocycles. The molecular weight excluding hydrogens is 774 g/mol. The van der Waals surface area contributed by atoms with E-state index in [0.717, 1.165) is 85.0 Å². The molecule has 2 saturated heterocycles. The minimum atomic E-state index is 0.562. The molecule has 6 aliphatic heterocycles.